The standard InChI is InChI=1S/C19H18ClN3O/c1-21-16-8-6-13(7-9-16)10-17-12-22-19(24-2)18(23-17)14-4-3-5-15(20)11-14/h3-9,11-12,21H,10H2,1-2H3. The van der Waals surface area contributed by atoms with Crippen LogP contribution in [0.15, 0.2) is 54.7 Å². The van der Waals surface area contributed by atoms with Crippen molar-refractivity contribution in [2.75, 3.05) is 19.5 Å². The highest BCUT2D eigenvalue weighted by Crippen LogP contribution is 2.28. The van der Waals surface area contributed by atoms with Gasteiger partial charge in [-0.05, 0) is 29.8 Å². The molecule has 0 amide bonds. The van der Waals surface area contributed by atoms with Crippen LogP contribution in [0.1, 0.15) is 11.3 Å². The van der Waals surface area contributed by atoms with Crippen molar-refractivity contribution in [1.29, 1.82) is 0 Å². The largest absolute Gasteiger partial charge is 0.479 e. The first kappa shape index (κ1) is 16.3. The Labute approximate surface area is 146 Å². The van der Waals surface area contributed by atoms with Gasteiger partial charge in [0.25, 0.3) is 0 Å². The molecule has 1 aromatic heterocycles. The molecule has 5 heteroatoms. The monoisotopic (exact) mass is 339 g/mol. The highest BCUT2D eigenvalue weighted by atomic mass is 35.5. The van der Waals surface area contributed by atoms with Crippen LogP contribution in [-0.2, 0) is 6.42 Å². The molecule has 0 spiro atoms. The number of methoxy groups -OCH3 is 1. The van der Waals surface area contributed by atoms with E-state index in [1.807, 2.05) is 43.4 Å². The van der Waals surface area contributed by atoms with E-state index in [1.165, 1.54) is 5.56 Å². The highest BCUT2D eigenvalue weighted by Gasteiger charge is 2.11. The highest BCUT2D eigenvalue weighted by molar-refractivity contribution is 6.30. The van der Waals surface area contributed by atoms with E-state index in [-0.39, 0.29) is 0 Å². The number of rotatable bonds is 5. The van der Waals surface area contributed by atoms with Crippen molar-refractivity contribution < 1.29 is 4.74 Å². The Bertz CT molecular complexity index is 834. The molecule has 0 fully saturated rings. The zero-order chi connectivity index (χ0) is 16.9. The van der Waals surface area contributed by atoms with Crippen LogP contribution in [0.25, 0.3) is 11.3 Å². The molecule has 0 aliphatic rings. The van der Waals surface area contributed by atoms with Gasteiger partial charge >= 0.3 is 0 Å². The first-order valence-electron chi connectivity index (χ1n) is 7.62. The Morgan fingerprint density at radius 3 is 2.58 bits per heavy atom. The molecule has 0 aliphatic heterocycles. The van der Waals surface area contributed by atoms with Gasteiger partial charge in [0.15, 0.2) is 0 Å². The summed E-state index contributed by atoms with van der Waals surface area (Å²) in [6.45, 7) is 0. The summed E-state index contributed by atoms with van der Waals surface area (Å²) in [6.07, 6.45) is 2.45. The molecule has 0 aliphatic carbocycles. The lowest BCUT2D eigenvalue weighted by molar-refractivity contribution is 0.397. The Balaban J connectivity index is 1.93. The van der Waals surface area contributed by atoms with Crippen molar-refractivity contribution in [3.8, 4) is 17.1 Å². The van der Waals surface area contributed by atoms with Crippen LogP contribution in [-0.4, -0.2) is 24.1 Å². The maximum atomic E-state index is 6.09. The molecule has 0 saturated heterocycles. The summed E-state index contributed by atoms with van der Waals surface area (Å²) in [6, 6.07) is 15.8. The van der Waals surface area contributed by atoms with Gasteiger partial charge in [-0.3, -0.25) is 0 Å². The lowest BCUT2D eigenvalue weighted by atomic mass is 10.1. The Hall–Kier alpha value is -2.59. The second-order valence-corrected chi connectivity index (χ2v) is 5.79. The number of halogens is 1. The number of aromatic nitrogens is 2. The predicted octanol–water partition coefficient (Wildman–Crippen LogP) is 4.44. The summed E-state index contributed by atoms with van der Waals surface area (Å²) in [7, 11) is 3.50. The summed E-state index contributed by atoms with van der Waals surface area (Å²) in [4.78, 5) is 9.12. The Morgan fingerprint density at radius 1 is 1.12 bits per heavy atom. The summed E-state index contributed by atoms with van der Waals surface area (Å²) in [5.41, 5.74) is 4.72. The van der Waals surface area contributed by atoms with Gasteiger partial charge < -0.3 is 10.1 Å². The molecular weight excluding hydrogens is 322 g/mol. The molecule has 1 heterocycles. The number of nitrogens with one attached hydrogen (secondary N) is 1. The van der Waals surface area contributed by atoms with Crippen LogP contribution in [0.2, 0.25) is 5.02 Å². The summed E-state index contributed by atoms with van der Waals surface area (Å²) in [5, 5.41) is 3.77. The third-order valence-corrected chi connectivity index (χ3v) is 3.94. The van der Waals surface area contributed by atoms with Gasteiger partial charge in [-0.2, -0.15) is 0 Å². The first-order valence-corrected chi connectivity index (χ1v) is 8.00. The van der Waals surface area contributed by atoms with Gasteiger partial charge in [-0.15, -0.1) is 0 Å². The Kier molecular flexibility index (Phi) is 4.96. The molecule has 3 rings (SSSR count). The molecule has 24 heavy (non-hydrogen) atoms. The molecule has 1 N–H and O–H groups in total. The molecular formula is C19H18ClN3O. The Morgan fingerprint density at radius 2 is 1.92 bits per heavy atom. The number of hydrogen-bond acceptors (Lipinski definition) is 4. The van der Waals surface area contributed by atoms with Crippen molar-refractivity contribution >= 4 is 17.3 Å². The zero-order valence-corrected chi connectivity index (χ0v) is 14.3. The van der Waals surface area contributed by atoms with E-state index in [9.17, 15) is 0 Å². The third kappa shape index (κ3) is 3.66. The van der Waals surface area contributed by atoms with E-state index in [0.29, 0.717) is 23.0 Å². The minimum absolute atomic E-state index is 0.492. The van der Waals surface area contributed by atoms with E-state index < -0.39 is 0 Å². The predicted molar refractivity (Wildman–Crippen MR) is 97.8 cm³/mol. The molecule has 122 valence electrons. The van der Waals surface area contributed by atoms with E-state index in [0.717, 1.165) is 16.9 Å². The smallest absolute Gasteiger partial charge is 0.240 e. The van der Waals surface area contributed by atoms with Crippen LogP contribution < -0.4 is 10.1 Å². The number of hydrogen-bond donors (Lipinski definition) is 1. The first-order chi connectivity index (χ1) is 11.7. The lowest BCUT2D eigenvalue weighted by Crippen LogP contribution is -2.00. The topological polar surface area (TPSA) is 47.0 Å². The maximum Gasteiger partial charge on any atom is 0.240 e. The van der Waals surface area contributed by atoms with Gasteiger partial charge in [0.1, 0.15) is 5.69 Å². The number of anilines is 1. The van der Waals surface area contributed by atoms with E-state index in [1.54, 1.807) is 13.3 Å². The quantitative estimate of drug-likeness (QED) is 0.746. The van der Waals surface area contributed by atoms with E-state index >= 15 is 0 Å². The van der Waals surface area contributed by atoms with Crippen molar-refractivity contribution in [2.45, 2.75) is 6.42 Å². The van der Waals surface area contributed by atoms with Crippen molar-refractivity contribution in [3.05, 3.63) is 71.0 Å². The fourth-order valence-electron chi connectivity index (χ4n) is 2.47. The molecule has 3 aromatic rings. The summed E-state index contributed by atoms with van der Waals surface area (Å²) < 4.78 is 5.35. The molecule has 0 unspecified atom stereocenters. The molecule has 0 radical (unpaired) electrons. The van der Waals surface area contributed by atoms with Crippen LogP contribution >= 0.6 is 11.6 Å². The van der Waals surface area contributed by atoms with Crippen LogP contribution in [0.4, 0.5) is 5.69 Å². The average molecular weight is 340 g/mol. The van der Waals surface area contributed by atoms with Crippen molar-refractivity contribution in [1.82, 2.24) is 9.97 Å². The minimum Gasteiger partial charge on any atom is -0.479 e. The van der Waals surface area contributed by atoms with Gasteiger partial charge in [-0.1, -0.05) is 35.9 Å². The van der Waals surface area contributed by atoms with Gasteiger partial charge in [0.05, 0.1) is 19.0 Å². The van der Waals surface area contributed by atoms with Crippen LogP contribution in [0, 0.1) is 0 Å². The molecule has 0 bridgehead atoms. The van der Waals surface area contributed by atoms with Gasteiger partial charge in [-0.25, -0.2) is 9.97 Å². The van der Waals surface area contributed by atoms with Crippen LogP contribution in [0.5, 0.6) is 5.88 Å². The normalized spacial score (nSPS) is 10.5. The van der Waals surface area contributed by atoms with E-state index in [4.69, 9.17) is 21.3 Å². The zero-order valence-electron chi connectivity index (χ0n) is 13.6. The number of ether oxygens (including phenoxy) is 1. The average Bonchev–Trinajstić information content (AvgIpc) is 2.62. The lowest BCUT2D eigenvalue weighted by Gasteiger charge is -2.10. The molecule has 2 aromatic carbocycles. The summed E-state index contributed by atoms with van der Waals surface area (Å²) >= 11 is 6.09. The van der Waals surface area contributed by atoms with Gasteiger partial charge in [0, 0.05) is 29.7 Å². The van der Waals surface area contributed by atoms with E-state index in [2.05, 4.69) is 22.4 Å². The molecule has 0 saturated carbocycles. The second kappa shape index (κ2) is 7.32. The number of benzene rings is 2. The maximum absolute atomic E-state index is 6.09. The fraction of sp³-hybridized carbons (Fsp3) is 0.158. The molecule has 0 atom stereocenters. The minimum atomic E-state index is 0.492. The molecule has 4 nitrogen and oxygen atoms in total. The second-order valence-electron chi connectivity index (χ2n) is 5.35. The number of nitrogens with zero attached hydrogens (tertiary/aromatic N) is 2. The third-order valence-electron chi connectivity index (χ3n) is 3.71. The fourth-order valence-corrected chi connectivity index (χ4v) is 2.66. The van der Waals surface area contributed by atoms with Crippen LogP contribution in [0.3, 0.4) is 0 Å². The van der Waals surface area contributed by atoms with Crippen molar-refractivity contribution in [2.24, 2.45) is 0 Å². The SMILES string of the molecule is CNc1ccc(Cc2cnc(OC)c(-c3cccc(Cl)c3)n2)cc1. The van der Waals surface area contributed by atoms with Crippen molar-refractivity contribution in [3.63, 3.8) is 0 Å². The van der Waals surface area contributed by atoms with Gasteiger partial charge in [0.2, 0.25) is 5.88 Å². The summed E-state index contributed by atoms with van der Waals surface area (Å²) in [5.74, 6) is 0.492.